The van der Waals surface area contributed by atoms with Crippen molar-refractivity contribution in [3.63, 3.8) is 0 Å². The van der Waals surface area contributed by atoms with Crippen LogP contribution in [0.5, 0.6) is 0 Å². The maximum atomic E-state index is 12.0. The van der Waals surface area contributed by atoms with Crippen molar-refractivity contribution in [2.45, 2.75) is 26.3 Å². The molecule has 0 saturated carbocycles. The molecule has 2 heterocycles. The van der Waals surface area contributed by atoms with E-state index in [9.17, 15) is 9.59 Å². The van der Waals surface area contributed by atoms with Gasteiger partial charge in [0, 0.05) is 24.5 Å². The van der Waals surface area contributed by atoms with E-state index >= 15 is 0 Å². The molecule has 0 spiro atoms. The van der Waals surface area contributed by atoms with Crippen molar-refractivity contribution in [3.8, 4) is 0 Å². The summed E-state index contributed by atoms with van der Waals surface area (Å²) in [4.78, 5) is 25.9. The zero-order chi connectivity index (χ0) is 14.5. The molecular formula is C14H20N2O3S. The third kappa shape index (κ3) is 3.80. The molecule has 1 aliphatic rings. The van der Waals surface area contributed by atoms with Crippen LogP contribution in [0, 0.1) is 12.8 Å². The largest absolute Gasteiger partial charge is 0.481 e. The monoisotopic (exact) mass is 296 g/mol. The summed E-state index contributed by atoms with van der Waals surface area (Å²) >= 11 is 1.69. The molecule has 1 aromatic heterocycles. The lowest BCUT2D eigenvalue weighted by molar-refractivity contribution is -0.145. The fourth-order valence-electron chi connectivity index (χ4n) is 2.36. The number of hydrogen-bond donors (Lipinski definition) is 2. The van der Waals surface area contributed by atoms with Crippen LogP contribution in [0.3, 0.4) is 0 Å². The number of nitrogens with zero attached hydrogens (tertiary/aromatic N) is 1. The highest BCUT2D eigenvalue weighted by molar-refractivity contribution is 7.10. The van der Waals surface area contributed by atoms with E-state index in [1.807, 2.05) is 5.38 Å². The third-order valence-electron chi connectivity index (χ3n) is 3.73. The predicted octanol–water partition coefficient (Wildman–Crippen LogP) is 1.47. The van der Waals surface area contributed by atoms with Crippen molar-refractivity contribution in [2.75, 3.05) is 19.6 Å². The van der Waals surface area contributed by atoms with Crippen LogP contribution in [0.25, 0.3) is 0 Å². The van der Waals surface area contributed by atoms with Gasteiger partial charge in [0.1, 0.15) is 0 Å². The summed E-state index contributed by atoms with van der Waals surface area (Å²) < 4.78 is 0. The fraction of sp³-hybridized carbons (Fsp3) is 0.571. The Hall–Kier alpha value is -1.40. The second-order valence-corrected chi connectivity index (χ2v) is 6.12. The predicted molar refractivity (Wildman–Crippen MR) is 77.7 cm³/mol. The van der Waals surface area contributed by atoms with Gasteiger partial charge < -0.3 is 15.3 Å². The smallest absolute Gasteiger partial charge is 0.306 e. The van der Waals surface area contributed by atoms with Gasteiger partial charge in [-0.25, -0.2) is 0 Å². The van der Waals surface area contributed by atoms with Crippen LogP contribution in [0.4, 0.5) is 0 Å². The normalized spacial score (nSPS) is 16.4. The Balaban J connectivity index is 1.71. The average Bonchev–Trinajstić information content (AvgIpc) is 2.84. The number of hydrogen-bond acceptors (Lipinski definition) is 4. The lowest BCUT2D eigenvalue weighted by Gasteiger charge is -2.30. The minimum absolute atomic E-state index is 0.0584. The topological polar surface area (TPSA) is 69.6 Å². The summed E-state index contributed by atoms with van der Waals surface area (Å²) in [6.07, 6.45) is 1.12. The van der Waals surface area contributed by atoms with E-state index in [0.717, 1.165) is 0 Å². The lowest BCUT2D eigenvalue weighted by Crippen LogP contribution is -2.43. The van der Waals surface area contributed by atoms with Crippen LogP contribution in [0.15, 0.2) is 11.4 Å². The number of amides is 1. The van der Waals surface area contributed by atoms with Crippen molar-refractivity contribution in [2.24, 2.45) is 5.92 Å². The second kappa shape index (κ2) is 6.85. The van der Waals surface area contributed by atoms with E-state index < -0.39 is 5.97 Å². The average molecular weight is 296 g/mol. The molecule has 20 heavy (non-hydrogen) atoms. The summed E-state index contributed by atoms with van der Waals surface area (Å²) in [5.74, 6) is -0.979. The molecule has 1 aliphatic heterocycles. The SMILES string of the molecule is Cc1ccsc1CNCC(=O)N1CCC(C(=O)O)CC1. The summed E-state index contributed by atoms with van der Waals surface area (Å²) in [5.41, 5.74) is 1.25. The van der Waals surface area contributed by atoms with Gasteiger partial charge in [0.25, 0.3) is 0 Å². The number of carbonyl (C=O) groups excluding carboxylic acids is 1. The number of carboxylic acids is 1. The Kier molecular flexibility index (Phi) is 5.14. The zero-order valence-electron chi connectivity index (χ0n) is 11.6. The van der Waals surface area contributed by atoms with E-state index in [-0.39, 0.29) is 11.8 Å². The molecule has 0 aromatic carbocycles. The molecule has 0 atom stereocenters. The van der Waals surface area contributed by atoms with Crippen molar-refractivity contribution in [1.82, 2.24) is 10.2 Å². The van der Waals surface area contributed by atoms with Crippen LogP contribution >= 0.6 is 11.3 Å². The Labute approximate surface area is 122 Å². The zero-order valence-corrected chi connectivity index (χ0v) is 12.4. The first kappa shape index (κ1) is 15.0. The first-order chi connectivity index (χ1) is 9.58. The highest BCUT2D eigenvalue weighted by atomic mass is 32.1. The summed E-state index contributed by atoms with van der Waals surface area (Å²) in [6, 6.07) is 2.07. The minimum Gasteiger partial charge on any atom is -0.481 e. The fourth-order valence-corrected chi connectivity index (χ4v) is 3.23. The number of carboxylic acid groups (broad SMARTS) is 1. The highest BCUT2D eigenvalue weighted by Gasteiger charge is 2.26. The Bertz CT molecular complexity index is 479. The van der Waals surface area contributed by atoms with Gasteiger partial charge in [0.05, 0.1) is 12.5 Å². The van der Waals surface area contributed by atoms with Gasteiger partial charge in [0.2, 0.25) is 5.91 Å². The molecule has 1 amide bonds. The maximum absolute atomic E-state index is 12.0. The highest BCUT2D eigenvalue weighted by Crippen LogP contribution is 2.17. The van der Waals surface area contributed by atoms with Gasteiger partial charge in [0.15, 0.2) is 0 Å². The van der Waals surface area contributed by atoms with E-state index in [1.54, 1.807) is 16.2 Å². The molecular weight excluding hydrogens is 276 g/mol. The van der Waals surface area contributed by atoms with E-state index in [0.29, 0.717) is 39.0 Å². The first-order valence-corrected chi connectivity index (χ1v) is 7.70. The number of piperidine rings is 1. The van der Waals surface area contributed by atoms with Crippen molar-refractivity contribution >= 4 is 23.2 Å². The van der Waals surface area contributed by atoms with Gasteiger partial charge in [-0.15, -0.1) is 11.3 Å². The molecule has 0 bridgehead atoms. The van der Waals surface area contributed by atoms with Crippen LogP contribution in [0.1, 0.15) is 23.3 Å². The first-order valence-electron chi connectivity index (χ1n) is 6.82. The molecule has 110 valence electrons. The number of rotatable bonds is 5. The molecule has 5 nitrogen and oxygen atoms in total. The molecule has 1 aromatic rings. The van der Waals surface area contributed by atoms with Crippen LogP contribution in [-0.2, 0) is 16.1 Å². The van der Waals surface area contributed by atoms with Gasteiger partial charge in [-0.2, -0.15) is 0 Å². The molecule has 2 rings (SSSR count). The van der Waals surface area contributed by atoms with Crippen molar-refractivity contribution in [1.29, 1.82) is 0 Å². The number of carbonyl (C=O) groups is 2. The van der Waals surface area contributed by atoms with Gasteiger partial charge in [-0.1, -0.05) is 0 Å². The number of likely N-dealkylation sites (tertiary alicyclic amines) is 1. The lowest BCUT2D eigenvalue weighted by atomic mass is 9.97. The quantitative estimate of drug-likeness (QED) is 0.863. The Morgan fingerprint density at radius 3 is 2.70 bits per heavy atom. The summed E-state index contributed by atoms with van der Waals surface area (Å²) in [5, 5.41) is 14.1. The standard InChI is InChI=1S/C14H20N2O3S/c1-10-4-7-20-12(10)8-15-9-13(17)16-5-2-11(3-6-16)14(18)19/h4,7,11,15H,2-3,5-6,8-9H2,1H3,(H,18,19). The number of thiophene rings is 1. The molecule has 1 saturated heterocycles. The Morgan fingerprint density at radius 1 is 1.45 bits per heavy atom. The molecule has 2 N–H and O–H groups in total. The van der Waals surface area contributed by atoms with Crippen LogP contribution in [-0.4, -0.2) is 41.5 Å². The van der Waals surface area contributed by atoms with E-state index in [4.69, 9.17) is 5.11 Å². The third-order valence-corrected chi connectivity index (χ3v) is 4.75. The van der Waals surface area contributed by atoms with Crippen molar-refractivity contribution in [3.05, 3.63) is 21.9 Å². The molecule has 0 radical (unpaired) electrons. The van der Waals surface area contributed by atoms with Crippen LogP contribution in [0.2, 0.25) is 0 Å². The number of nitrogens with one attached hydrogen (secondary N) is 1. The molecule has 1 fully saturated rings. The molecule has 0 aliphatic carbocycles. The molecule has 6 heteroatoms. The number of aryl methyl sites for hydroxylation is 1. The minimum atomic E-state index is -0.747. The molecule has 0 unspecified atom stereocenters. The van der Waals surface area contributed by atoms with Crippen LogP contribution < -0.4 is 5.32 Å². The van der Waals surface area contributed by atoms with Gasteiger partial charge in [-0.05, 0) is 36.8 Å². The van der Waals surface area contributed by atoms with E-state index in [1.165, 1.54) is 10.4 Å². The van der Waals surface area contributed by atoms with Crippen molar-refractivity contribution < 1.29 is 14.7 Å². The summed E-state index contributed by atoms with van der Waals surface area (Å²) in [7, 11) is 0. The van der Waals surface area contributed by atoms with E-state index in [2.05, 4.69) is 18.3 Å². The van der Waals surface area contributed by atoms with Gasteiger partial charge in [-0.3, -0.25) is 9.59 Å². The second-order valence-electron chi connectivity index (χ2n) is 5.12. The maximum Gasteiger partial charge on any atom is 0.306 e. The summed E-state index contributed by atoms with van der Waals surface area (Å²) in [6.45, 7) is 4.19. The van der Waals surface area contributed by atoms with Gasteiger partial charge >= 0.3 is 5.97 Å². The Morgan fingerprint density at radius 2 is 2.15 bits per heavy atom. The number of aliphatic carboxylic acids is 1.